The van der Waals surface area contributed by atoms with E-state index in [1.165, 1.54) is 25.8 Å². The smallest absolute Gasteiger partial charge is 0.413 e. The number of fused-ring (bicyclic) bond motifs is 2. The molecule has 4 aromatic rings. The molecule has 2 aromatic carbocycles. The maximum Gasteiger partial charge on any atom is 0.413 e. The number of hydrogen-bond acceptors (Lipinski definition) is 12. The number of amides is 2. The summed E-state index contributed by atoms with van der Waals surface area (Å²) < 4.78 is 61.6. The molecule has 2 saturated heterocycles. The first-order valence-electron chi connectivity index (χ1n) is 15.8. The maximum atomic E-state index is 13.5. The van der Waals surface area contributed by atoms with Crippen LogP contribution in [-0.2, 0) is 35.8 Å². The van der Waals surface area contributed by atoms with Gasteiger partial charge in [-0.15, -0.1) is 0 Å². The highest BCUT2D eigenvalue weighted by Gasteiger charge is 2.56. The number of carbonyl (C=O) groups excluding carboxylic acids is 2. The minimum absolute atomic E-state index is 0.0569. The zero-order chi connectivity index (χ0) is 35.8. The maximum absolute atomic E-state index is 13.5. The third kappa shape index (κ3) is 7.71. The quantitative estimate of drug-likeness (QED) is 0.243. The molecule has 2 aliphatic rings. The van der Waals surface area contributed by atoms with Gasteiger partial charge in [-0.05, 0) is 52.3 Å². The number of benzene rings is 2. The molecular weight excluding hydrogens is 670 g/mol. The number of hydrogen-bond donors (Lipinski definition) is 2. The fourth-order valence-electron chi connectivity index (χ4n) is 5.68. The number of carbonyl (C=O) groups is 2. The van der Waals surface area contributed by atoms with E-state index in [1.807, 2.05) is 30.3 Å². The summed E-state index contributed by atoms with van der Waals surface area (Å²) in [5.74, 6) is -1.51. The van der Waals surface area contributed by atoms with Gasteiger partial charge in [0.25, 0.3) is 5.91 Å². The average Bonchev–Trinajstić information content (AvgIpc) is 3.71. The normalized spacial score (nSPS) is 21.6. The van der Waals surface area contributed by atoms with Gasteiger partial charge in [0, 0.05) is 13.6 Å². The number of nitrogens with zero attached hydrogens (tertiary/aromatic N) is 5. The molecule has 0 radical (unpaired) electrons. The Hall–Kier alpha value is -4.68. The monoisotopic (exact) mass is 709 g/mol. The van der Waals surface area contributed by atoms with Gasteiger partial charge in [0.15, 0.2) is 29.0 Å². The van der Waals surface area contributed by atoms with Crippen molar-refractivity contribution in [2.24, 2.45) is 0 Å². The number of aromatic nitrogens is 4. The van der Waals surface area contributed by atoms with E-state index >= 15 is 0 Å². The van der Waals surface area contributed by atoms with Crippen LogP contribution in [0.1, 0.15) is 56.8 Å². The number of rotatable bonds is 10. The minimum Gasteiger partial charge on any atom is -0.488 e. The van der Waals surface area contributed by atoms with Crippen molar-refractivity contribution in [3.05, 3.63) is 78.4 Å². The second-order valence-electron chi connectivity index (χ2n) is 13.3. The van der Waals surface area contributed by atoms with Crippen LogP contribution < -0.4 is 14.8 Å². The van der Waals surface area contributed by atoms with Crippen molar-refractivity contribution in [1.29, 1.82) is 0 Å². The topological polar surface area (TPSA) is 185 Å². The molecule has 6 rings (SSSR count). The summed E-state index contributed by atoms with van der Waals surface area (Å²) in [6.07, 6.45) is -1.04. The molecule has 2 amide bonds. The summed E-state index contributed by atoms with van der Waals surface area (Å²) in [7, 11) is -3.03. The summed E-state index contributed by atoms with van der Waals surface area (Å²) in [6, 6.07) is 15.8. The third-order valence-electron chi connectivity index (χ3n) is 7.82. The SMILES string of the molecule is CN(C[C@H]1O[C@@H](n2cnc3c(NC(=O)OC(C)(C)C)ncnc32)[C@@H]2OC(C)(C)O[C@@H]21)S(=O)(=O)NC(=O)c1ccccc1OCc1ccccc1. The lowest BCUT2D eigenvalue weighted by Gasteiger charge is -2.27. The fraction of sp³-hybridized carbons (Fsp3) is 0.424. The van der Waals surface area contributed by atoms with Gasteiger partial charge in [0.1, 0.15) is 42.6 Å². The van der Waals surface area contributed by atoms with E-state index in [9.17, 15) is 18.0 Å². The Labute approximate surface area is 289 Å². The Kier molecular flexibility index (Phi) is 9.53. The molecule has 17 heteroatoms. The lowest BCUT2D eigenvalue weighted by atomic mass is 10.1. The van der Waals surface area contributed by atoms with Crippen molar-refractivity contribution in [2.45, 2.75) is 77.2 Å². The Morgan fingerprint density at radius 1 is 1.00 bits per heavy atom. The molecule has 16 nitrogen and oxygen atoms in total. The van der Waals surface area contributed by atoms with E-state index in [4.69, 9.17) is 23.7 Å². The van der Waals surface area contributed by atoms with Crippen LogP contribution in [0.5, 0.6) is 5.75 Å². The van der Waals surface area contributed by atoms with Gasteiger partial charge in [0.2, 0.25) is 0 Å². The molecule has 2 aliphatic heterocycles. The summed E-state index contributed by atoms with van der Waals surface area (Å²) in [4.78, 5) is 38.6. The predicted octanol–water partition coefficient (Wildman–Crippen LogP) is 3.78. The molecule has 2 N–H and O–H groups in total. The number of para-hydroxylation sites is 1. The van der Waals surface area contributed by atoms with Crippen molar-refractivity contribution in [2.75, 3.05) is 18.9 Å². The van der Waals surface area contributed by atoms with Gasteiger partial charge in [0.05, 0.1) is 11.9 Å². The van der Waals surface area contributed by atoms with E-state index in [2.05, 4.69) is 25.0 Å². The van der Waals surface area contributed by atoms with Crippen LogP contribution in [0.15, 0.2) is 67.3 Å². The second kappa shape index (κ2) is 13.6. The summed E-state index contributed by atoms with van der Waals surface area (Å²) in [5, 5.41) is 2.60. The zero-order valence-corrected chi connectivity index (χ0v) is 29.2. The van der Waals surface area contributed by atoms with Crippen molar-refractivity contribution in [3.63, 3.8) is 0 Å². The Morgan fingerprint density at radius 3 is 2.44 bits per heavy atom. The molecule has 2 fully saturated rings. The Morgan fingerprint density at radius 2 is 1.70 bits per heavy atom. The predicted molar refractivity (Wildman–Crippen MR) is 179 cm³/mol. The van der Waals surface area contributed by atoms with Gasteiger partial charge < -0.3 is 23.7 Å². The lowest BCUT2D eigenvalue weighted by Crippen LogP contribution is -2.46. The molecule has 0 aliphatic carbocycles. The summed E-state index contributed by atoms with van der Waals surface area (Å²) in [6.45, 7) is 8.71. The third-order valence-corrected chi connectivity index (χ3v) is 9.23. The van der Waals surface area contributed by atoms with Gasteiger partial charge >= 0.3 is 16.3 Å². The van der Waals surface area contributed by atoms with Crippen LogP contribution >= 0.6 is 0 Å². The van der Waals surface area contributed by atoms with Crippen LogP contribution in [0.4, 0.5) is 10.6 Å². The molecular formula is C33H39N7O9S. The van der Waals surface area contributed by atoms with Crippen molar-refractivity contribution in [1.82, 2.24) is 28.5 Å². The molecule has 0 unspecified atom stereocenters. The van der Waals surface area contributed by atoms with Crippen LogP contribution in [0.25, 0.3) is 11.2 Å². The van der Waals surface area contributed by atoms with Crippen LogP contribution in [0, 0.1) is 0 Å². The van der Waals surface area contributed by atoms with E-state index < -0.39 is 58.1 Å². The summed E-state index contributed by atoms with van der Waals surface area (Å²) in [5.41, 5.74) is 0.815. The largest absolute Gasteiger partial charge is 0.488 e. The van der Waals surface area contributed by atoms with Gasteiger partial charge in [-0.1, -0.05) is 42.5 Å². The van der Waals surface area contributed by atoms with E-state index in [1.54, 1.807) is 57.4 Å². The molecule has 0 bridgehead atoms. The highest BCUT2D eigenvalue weighted by Crippen LogP contribution is 2.44. The number of ether oxygens (including phenoxy) is 5. The number of imidazole rings is 1. The molecule has 0 spiro atoms. The Bertz CT molecular complexity index is 1980. The van der Waals surface area contributed by atoms with E-state index in [0.29, 0.717) is 5.65 Å². The Balaban J connectivity index is 1.17. The van der Waals surface area contributed by atoms with E-state index in [-0.39, 0.29) is 35.8 Å². The van der Waals surface area contributed by atoms with Gasteiger partial charge in [-0.25, -0.2) is 24.5 Å². The molecule has 0 saturated carbocycles. The first-order chi connectivity index (χ1) is 23.6. The van der Waals surface area contributed by atoms with E-state index in [0.717, 1.165) is 9.87 Å². The fourth-order valence-corrected chi connectivity index (χ4v) is 6.52. The molecule has 2 aromatic heterocycles. The second-order valence-corrected chi connectivity index (χ2v) is 15.1. The molecule has 4 heterocycles. The highest BCUT2D eigenvalue weighted by atomic mass is 32.2. The standard InChI is InChI=1S/C33H39N7O9S/c1-32(2,3)49-31(42)37-27-24-28(35-18-34-27)40(19-36-24)30-26-25(47-33(4,5)48-26)23(46-30)16-39(6)50(43,44)38-29(41)21-14-10-11-15-22(21)45-17-20-12-8-7-9-13-20/h7-15,18-19,23,25-26,30H,16-17H2,1-6H3,(H,38,41)(H,34,35,37,42)/t23-,25-,26-,30-/m1/s1. The minimum atomic E-state index is -4.36. The van der Waals surface area contributed by atoms with Crippen LogP contribution in [0.3, 0.4) is 0 Å². The average molecular weight is 710 g/mol. The van der Waals surface area contributed by atoms with Gasteiger partial charge in [-0.2, -0.15) is 12.7 Å². The van der Waals surface area contributed by atoms with Crippen LogP contribution in [-0.4, -0.2) is 87.5 Å². The molecule has 50 heavy (non-hydrogen) atoms. The van der Waals surface area contributed by atoms with Crippen LogP contribution in [0.2, 0.25) is 0 Å². The number of likely N-dealkylation sites (N-methyl/N-ethyl adjacent to an activating group) is 1. The molecule has 266 valence electrons. The highest BCUT2D eigenvalue weighted by molar-refractivity contribution is 7.87. The zero-order valence-electron chi connectivity index (χ0n) is 28.4. The number of nitrogens with one attached hydrogen (secondary N) is 2. The number of anilines is 1. The van der Waals surface area contributed by atoms with Crippen molar-refractivity contribution < 1.29 is 41.7 Å². The summed E-state index contributed by atoms with van der Waals surface area (Å²) >= 11 is 0. The molecule has 4 atom stereocenters. The van der Waals surface area contributed by atoms with Crippen molar-refractivity contribution in [3.8, 4) is 5.75 Å². The first kappa shape index (κ1) is 35.2. The van der Waals surface area contributed by atoms with Crippen molar-refractivity contribution >= 4 is 39.2 Å². The lowest BCUT2D eigenvalue weighted by molar-refractivity contribution is -0.196. The van der Waals surface area contributed by atoms with Gasteiger partial charge in [-0.3, -0.25) is 14.7 Å². The first-order valence-corrected chi connectivity index (χ1v) is 17.3.